The van der Waals surface area contributed by atoms with Crippen LogP contribution in [0.1, 0.15) is 23.0 Å². The molecule has 0 fully saturated rings. The van der Waals surface area contributed by atoms with E-state index in [1.807, 2.05) is 43.3 Å². The van der Waals surface area contributed by atoms with Crippen molar-refractivity contribution in [2.24, 2.45) is 0 Å². The van der Waals surface area contributed by atoms with Gasteiger partial charge in [0.15, 0.2) is 0 Å². The van der Waals surface area contributed by atoms with Gasteiger partial charge in [-0.05, 0) is 43.2 Å². The van der Waals surface area contributed by atoms with Crippen molar-refractivity contribution in [3.8, 4) is 0 Å². The molecule has 110 valence electrons. The maximum atomic E-state index is 12.0. The minimum atomic E-state index is -0.163. The number of aromatic nitrogens is 1. The molecule has 21 heavy (non-hydrogen) atoms. The average Bonchev–Trinajstić information content (AvgIpc) is 2.50. The summed E-state index contributed by atoms with van der Waals surface area (Å²) in [5.74, 6) is 0.548. The topological polar surface area (TPSA) is 54.0 Å². The zero-order valence-corrected chi connectivity index (χ0v) is 12.7. The molecule has 5 heteroatoms. The summed E-state index contributed by atoms with van der Waals surface area (Å²) in [5, 5.41) is 6.67. The second-order valence-electron chi connectivity index (χ2n) is 4.57. The Bertz CT molecular complexity index is 599. The van der Waals surface area contributed by atoms with E-state index in [0.29, 0.717) is 23.1 Å². The van der Waals surface area contributed by atoms with Crippen molar-refractivity contribution in [1.29, 1.82) is 0 Å². The highest BCUT2D eigenvalue weighted by molar-refractivity contribution is 6.30. The lowest BCUT2D eigenvalue weighted by molar-refractivity contribution is 0.0949. The third kappa shape index (κ3) is 4.76. The molecule has 0 atom stereocenters. The predicted molar refractivity (Wildman–Crippen MR) is 85.9 cm³/mol. The van der Waals surface area contributed by atoms with Crippen molar-refractivity contribution < 1.29 is 4.79 Å². The molecular weight excluding hydrogens is 286 g/mol. The molecule has 1 amide bonds. The van der Waals surface area contributed by atoms with Crippen LogP contribution in [0.25, 0.3) is 0 Å². The second kappa shape index (κ2) is 7.64. The number of pyridine rings is 1. The van der Waals surface area contributed by atoms with Gasteiger partial charge in [0, 0.05) is 18.1 Å². The molecular formula is C16H18ClN3O. The van der Waals surface area contributed by atoms with Gasteiger partial charge in [-0.3, -0.25) is 4.79 Å². The fraction of sp³-hybridized carbons (Fsp3) is 0.250. The molecule has 0 radical (unpaired) electrons. The Balaban J connectivity index is 1.86. The van der Waals surface area contributed by atoms with E-state index in [0.717, 1.165) is 18.5 Å². The van der Waals surface area contributed by atoms with Gasteiger partial charge in [-0.1, -0.05) is 29.8 Å². The molecule has 4 nitrogen and oxygen atoms in total. The third-order valence-electron chi connectivity index (χ3n) is 2.95. The first kappa shape index (κ1) is 15.3. The average molecular weight is 304 g/mol. The Hall–Kier alpha value is -2.07. The minimum absolute atomic E-state index is 0.163. The van der Waals surface area contributed by atoms with Crippen LogP contribution in [0.2, 0.25) is 5.02 Å². The fourth-order valence-corrected chi connectivity index (χ4v) is 2.03. The van der Waals surface area contributed by atoms with Crippen LogP contribution in [-0.4, -0.2) is 24.0 Å². The Morgan fingerprint density at radius 1 is 1.19 bits per heavy atom. The van der Waals surface area contributed by atoms with E-state index in [1.54, 1.807) is 6.07 Å². The first-order valence-electron chi connectivity index (χ1n) is 6.92. The molecule has 0 aliphatic carbocycles. The molecule has 2 rings (SSSR count). The number of anilines is 1. The van der Waals surface area contributed by atoms with Gasteiger partial charge in [-0.15, -0.1) is 0 Å². The Morgan fingerprint density at radius 3 is 2.67 bits per heavy atom. The number of benzene rings is 1. The van der Waals surface area contributed by atoms with Crippen molar-refractivity contribution in [2.75, 3.05) is 18.4 Å². The molecule has 1 aromatic carbocycles. The first-order chi connectivity index (χ1) is 10.2. The van der Waals surface area contributed by atoms with Gasteiger partial charge < -0.3 is 10.6 Å². The summed E-state index contributed by atoms with van der Waals surface area (Å²) in [5.41, 5.74) is 1.55. The molecule has 0 unspecified atom stereocenters. The second-order valence-corrected chi connectivity index (χ2v) is 5.01. The predicted octanol–water partition coefficient (Wildman–Crippen LogP) is 3.14. The molecule has 2 aromatic rings. The Labute approximate surface area is 129 Å². The van der Waals surface area contributed by atoms with Gasteiger partial charge in [-0.2, -0.15) is 0 Å². The summed E-state index contributed by atoms with van der Waals surface area (Å²) < 4.78 is 0. The number of carbonyl (C=O) groups excluding carboxylic acids is 1. The van der Waals surface area contributed by atoms with Crippen LogP contribution in [0, 0.1) is 0 Å². The maximum absolute atomic E-state index is 12.0. The maximum Gasteiger partial charge on any atom is 0.269 e. The number of carbonyl (C=O) groups is 1. The van der Waals surface area contributed by atoms with E-state index in [-0.39, 0.29) is 5.91 Å². The van der Waals surface area contributed by atoms with E-state index in [4.69, 9.17) is 11.6 Å². The van der Waals surface area contributed by atoms with Crippen molar-refractivity contribution >= 4 is 23.3 Å². The fourth-order valence-electron chi connectivity index (χ4n) is 1.90. The zero-order valence-electron chi connectivity index (χ0n) is 11.9. The highest BCUT2D eigenvalue weighted by Gasteiger charge is 2.07. The number of hydrogen-bond donors (Lipinski definition) is 2. The van der Waals surface area contributed by atoms with Crippen molar-refractivity contribution in [2.45, 2.75) is 13.3 Å². The lowest BCUT2D eigenvalue weighted by Gasteiger charge is -2.07. The number of nitrogens with zero attached hydrogens (tertiary/aromatic N) is 1. The number of amides is 1. The third-order valence-corrected chi connectivity index (χ3v) is 3.20. The van der Waals surface area contributed by atoms with Gasteiger partial charge >= 0.3 is 0 Å². The van der Waals surface area contributed by atoms with Crippen LogP contribution in [0.5, 0.6) is 0 Å². The monoisotopic (exact) mass is 303 g/mol. The minimum Gasteiger partial charge on any atom is -0.370 e. The van der Waals surface area contributed by atoms with Gasteiger partial charge in [0.1, 0.15) is 11.5 Å². The summed E-state index contributed by atoms with van der Waals surface area (Å²) in [6.45, 7) is 3.32. The number of rotatable bonds is 6. The van der Waals surface area contributed by atoms with Crippen LogP contribution in [0.15, 0.2) is 42.5 Å². The highest BCUT2D eigenvalue weighted by atomic mass is 35.5. The molecule has 0 saturated heterocycles. The molecule has 2 N–H and O–H groups in total. The van der Waals surface area contributed by atoms with Crippen LogP contribution in [-0.2, 0) is 6.42 Å². The largest absolute Gasteiger partial charge is 0.370 e. The summed E-state index contributed by atoms with van der Waals surface area (Å²) >= 11 is 5.83. The smallest absolute Gasteiger partial charge is 0.269 e. The van der Waals surface area contributed by atoms with Crippen molar-refractivity contribution in [1.82, 2.24) is 10.3 Å². The molecule has 0 saturated carbocycles. The van der Waals surface area contributed by atoms with E-state index < -0.39 is 0 Å². The number of nitrogens with one attached hydrogen (secondary N) is 2. The van der Waals surface area contributed by atoms with Crippen molar-refractivity contribution in [3.05, 3.63) is 58.7 Å². The van der Waals surface area contributed by atoms with Gasteiger partial charge in [0.25, 0.3) is 5.91 Å². The normalized spacial score (nSPS) is 10.2. The molecule has 1 aromatic heterocycles. The van der Waals surface area contributed by atoms with Crippen LogP contribution < -0.4 is 10.6 Å². The first-order valence-corrected chi connectivity index (χ1v) is 7.30. The van der Waals surface area contributed by atoms with E-state index in [1.165, 1.54) is 0 Å². The van der Waals surface area contributed by atoms with E-state index in [2.05, 4.69) is 15.6 Å². The lowest BCUT2D eigenvalue weighted by atomic mass is 10.1. The number of hydrogen-bond acceptors (Lipinski definition) is 3. The molecule has 0 aliphatic heterocycles. The van der Waals surface area contributed by atoms with Gasteiger partial charge in [0.05, 0.1) is 0 Å². The molecule has 0 aliphatic rings. The lowest BCUT2D eigenvalue weighted by Crippen LogP contribution is -2.26. The molecule has 0 bridgehead atoms. The molecule has 1 heterocycles. The van der Waals surface area contributed by atoms with Gasteiger partial charge in [-0.25, -0.2) is 4.98 Å². The van der Waals surface area contributed by atoms with E-state index in [9.17, 15) is 4.79 Å². The highest BCUT2D eigenvalue weighted by Crippen LogP contribution is 2.09. The summed E-state index contributed by atoms with van der Waals surface area (Å²) in [7, 11) is 0. The van der Waals surface area contributed by atoms with E-state index >= 15 is 0 Å². The summed E-state index contributed by atoms with van der Waals surface area (Å²) in [6.07, 6.45) is 0.760. The standard InChI is InChI=1S/C16H18ClN3O/c1-2-18-15-5-3-4-14(20-15)16(21)19-11-10-12-6-8-13(17)9-7-12/h3-9H,2,10-11H2,1H3,(H,18,20)(H,19,21). The quantitative estimate of drug-likeness (QED) is 0.862. The van der Waals surface area contributed by atoms with Crippen LogP contribution in [0.4, 0.5) is 5.82 Å². The van der Waals surface area contributed by atoms with Crippen molar-refractivity contribution in [3.63, 3.8) is 0 Å². The SMILES string of the molecule is CCNc1cccc(C(=O)NCCc2ccc(Cl)cc2)n1. The Morgan fingerprint density at radius 2 is 1.95 bits per heavy atom. The Kier molecular flexibility index (Phi) is 5.58. The summed E-state index contributed by atoms with van der Waals surface area (Å²) in [4.78, 5) is 16.3. The zero-order chi connectivity index (χ0) is 15.1. The van der Waals surface area contributed by atoms with Gasteiger partial charge in [0.2, 0.25) is 0 Å². The number of halogens is 1. The summed E-state index contributed by atoms with van der Waals surface area (Å²) in [6, 6.07) is 13.0. The van der Waals surface area contributed by atoms with Crippen LogP contribution >= 0.6 is 11.6 Å². The van der Waals surface area contributed by atoms with Crippen LogP contribution in [0.3, 0.4) is 0 Å². The molecule has 0 spiro atoms.